The Labute approximate surface area is 109 Å². The van der Waals surface area contributed by atoms with Crippen LogP contribution >= 0.6 is 0 Å². The molecular weight excluding hydrogens is 230 g/mol. The number of carboxylic acid groups (broad SMARTS) is 1. The minimum atomic E-state index is -0.733. The first-order valence-electron chi connectivity index (χ1n) is 6.91. The fourth-order valence-electron chi connectivity index (χ4n) is 2.95. The standard InChI is InChI=1S/C13H25N3O2/c1-14-13(12(17)18,11-4-5-11)10-16-7-3-6-15(2)8-9-16/h11,14H,3-10H2,1-2H3,(H,17,18). The maximum atomic E-state index is 11.7. The van der Waals surface area contributed by atoms with Gasteiger partial charge in [-0.2, -0.15) is 0 Å². The number of nitrogens with zero attached hydrogens (tertiary/aromatic N) is 2. The van der Waals surface area contributed by atoms with Crippen LogP contribution in [0.3, 0.4) is 0 Å². The van der Waals surface area contributed by atoms with Crippen LogP contribution in [0.15, 0.2) is 0 Å². The molecule has 2 rings (SSSR count). The number of aliphatic carboxylic acids is 1. The van der Waals surface area contributed by atoms with E-state index in [9.17, 15) is 9.90 Å². The van der Waals surface area contributed by atoms with Gasteiger partial charge in [-0.05, 0) is 52.4 Å². The van der Waals surface area contributed by atoms with E-state index in [1.54, 1.807) is 7.05 Å². The Kier molecular flexibility index (Phi) is 4.25. The van der Waals surface area contributed by atoms with Gasteiger partial charge in [0.25, 0.3) is 0 Å². The Bertz CT molecular complexity index is 307. The summed E-state index contributed by atoms with van der Waals surface area (Å²) in [5.74, 6) is -0.383. The molecule has 1 atom stereocenters. The molecule has 1 saturated heterocycles. The molecule has 0 radical (unpaired) electrons. The maximum Gasteiger partial charge on any atom is 0.325 e. The highest BCUT2D eigenvalue weighted by molar-refractivity contribution is 5.80. The van der Waals surface area contributed by atoms with Gasteiger partial charge in [-0.15, -0.1) is 0 Å². The molecule has 104 valence electrons. The zero-order valence-electron chi connectivity index (χ0n) is 11.5. The second kappa shape index (κ2) is 5.55. The Morgan fingerprint density at radius 3 is 2.61 bits per heavy atom. The Morgan fingerprint density at radius 2 is 2.06 bits per heavy atom. The van der Waals surface area contributed by atoms with Gasteiger partial charge in [0.2, 0.25) is 0 Å². The van der Waals surface area contributed by atoms with Crippen molar-refractivity contribution in [2.75, 3.05) is 46.8 Å². The Balaban J connectivity index is 2.02. The second-order valence-electron chi connectivity index (χ2n) is 5.73. The van der Waals surface area contributed by atoms with Crippen LogP contribution in [0.25, 0.3) is 0 Å². The molecule has 1 heterocycles. The first-order valence-corrected chi connectivity index (χ1v) is 6.91. The zero-order chi connectivity index (χ0) is 13.2. The predicted octanol–water partition coefficient (Wildman–Crippen LogP) is 0.0767. The molecule has 5 nitrogen and oxygen atoms in total. The first-order chi connectivity index (χ1) is 8.58. The fraction of sp³-hybridized carbons (Fsp3) is 0.923. The summed E-state index contributed by atoms with van der Waals surface area (Å²) in [6.07, 6.45) is 3.21. The molecule has 1 saturated carbocycles. The molecule has 0 amide bonds. The number of hydrogen-bond donors (Lipinski definition) is 2. The molecule has 1 aliphatic carbocycles. The lowest BCUT2D eigenvalue weighted by Crippen LogP contribution is -2.59. The van der Waals surface area contributed by atoms with E-state index in [1.807, 2.05) is 0 Å². The van der Waals surface area contributed by atoms with Crippen molar-refractivity contribution in [2.45, 2.75) is 24.8 Å². The number of carboxylic acids is 1. The molecule has 2 aliphatic rings. The summed E-state index contributed by atoms with van der Waals surface area (Å²) >= 11 is 0. The third kappa shape index (κ3) is 2.84. The molecule has 1 unspecified atom stereocenters. The van der Waals surface area contributed by atoms with Crippen LogP contribution in [-0.2, 0) is 4.79 Å². The van der Waals surface area contributed by atoms with Crippen molar-refractivity contribution >= 4 is 5.97 Å². The molecule has 2 fully saturated rings. The summed E-state index contributed by atoms with van der Waals surface area (Å²) in [5, 5.41) is 12.7. The number of nitrogens with one attached hydrogen (secondary N) is 1. The number of likely N-dealkylation sites (N-methyl/N-ethyl adjacent to an activating group) is 2. The summed E-state index contributed by atoms with van der Waals surface area (Å²) in [6, 6.07) is 0. The van der Waals surface area contributed by atoms with E-state index >= 15 is 0 Å². The van der Waals surface area contributed by atoms with E-state index in [0.29, 0.717) is 12.5 Å². The minimum Gasteiger partial charge on any atom is -0.480 e. The molecular formula is C13H25N3O2. The molecule has 0 aromatic rings. The van der Waals surface area contributed by atoms with Crippen molar-refractivity contribution in [2.24, 2.45) is 5.92 Å². The summed E-state index contributed by atoms with van der Waals surface area (Å²) in [4.78, 5) is 16.3. The van der Waals surface area contributed by atoms with Crippen LogP contribution in [0, 0.1) is 5.92 Å². The lowest BCUT2D eigenvalue weighted by Gasteiger charge is -2.34. The summed E-state index contributed by atoms with van der Waals surface area (Å²) in [7, 11) is 3.92. The van der Waals surface area contributed by atoms with Crippen LogP contribution in [0.2, 0.25) is 0 Å². The van der Waals surface area contributed by atoms with Crippen molar-refractivity contribution in [3.8, 4) is 0 Å². The Morgan fingerprint density at radius 1 is 1.33 bits per heavy atom. The highest BCUT2D eigenvalue weighted by Crippen LogP contribution is 2.40. The van der Waals surface area contributed by atoms with Crippen molar-refractivity contribution in [3.63, 3.8) is 0 Å². The molecule has 1 aliphatic heterocycles. The quantitative estimate of drug-likeness (QED) is 0.728. The second-order valence-corrected chi connectivity index (χ2v) is 5.73. The van der Waals surface area contributed by atoms with Gasteiger partial charge in [0.05, 0.1) is 0 Å². The monoisotopic (exact) mass is 255 g/mol. The van der Waals surface area contributed by atoms with Crippen LogP contribution in [0.4, 0.5) is 0 Å². The van der Waals surface area contributed by atoms with Gasteiger partial charge in [-0.25, -0.2) is 0 Å². The van der Waals surface area contributed by atoms with Crippen LogP contribution in [0.5, 0.6) is 0 Å². The topological polar surface area (TPSA) is 55.8 Å². The van der Waals surface area contributed by atoms with Crippen molar-refractivity contribution in [3.05, 3.63) is 0 Å². The third-order valence-electron chi connectivity index (χ3n) is 4.39. The van der Waals surface area contributed by atoms with Crippen molar-refractivity contribution in [1.29, 1.82) is 0 Å². The molecule has 0 spiro atoms. The predicted molar refractivity (Wildman–Crippen MR) is 70.7 cm³/mol. The van der Waals surface area contributed by atoms with E-state index in [2.05, 4.69) is 22.2 Å². The van der Waals surface area contributed by atoms with Crippen molar-refractivity contribution < 1.29 is 9.90 Å². The maximum absolute atomic E-state index is 11.7. The Hall–Kier alpha value is -0.650. The summed E-state index contributed by atoms with van der Waals surface area (Å²) in [5.41, 5.74) is -0.733. The third-order valence-corrected chi connectivity index (χ3v) is 4.39. The summed E-state index contributed by atoms with van der Waals surface area (Å²) < 4.78 is 0. The van der Waals surface area contributed by atoms with E-state index in [4.69, 9.17) is 0 Å². The average Bonchev–Trinajstić information content (AvgIpc) is 3.15. The number of carbonyl (C=O) groups is 1. The highest BCUT2D eigenvalue weighted by Gasteiger charge is 2.51. The van der Waals surface area contributed by atoms with E-state index in [0.717, 1.165) is 45.4 Å². The van der Waals surface area contributed by atoms with E-state index in [-0.39, 0.29) is 0 Å². The molecule has 18 heavy (non-hydrogen) atoms. The van der Waals surface area contributed by atoms with Gasteiger partial charge >= 0.3 is 5.97 Å². The van der Waals surface area contributed by atoms with Gasteiger partial charge in [-0.1, -0.05) is 0 Å². The van der Waals surface area contributed by atoms with Gasteiger partial charge in [0.15, 0.2) is 0 Å². The lowest BCUT2D eigenvalue weighted by atomic mass is 9.92. The first kappa shape index (κ1) is 13.8. The zero-order valence-corrected chi connectivity index (χ0v) is 11.5. The molecule has 2 N–H and O–H groups in total. The van der Waals surface area contributed by atoms with Gasteiger partial charge in [0, 0.05) is 19.6 Å². The van der Waals surface area contributed by atoms with Gasteiger partial charge in [0.1, 0.15) is 5.54 Å². The minimum absolute atomic E-state index is 0.306. The van der Waals surface area contributed by atoms with Crippen LogP contribution in [0.1, 0.15) is 19.3 Å². The van der Waals surface area contributed by atoms with Crippen LogP contribution in [-0.4, -0.2) is 73.2 Å². The van der Waals surface area contributed by atoms with Crippen LogP contribution < -0.4 is 5.32 Å². The number of rotatable bonds is 5. The largest absolute Gasteiger partial charge is 0.480 e. The van der Waals surface area contributed by atoms with E-state index < -0.39 is 11.5 Å². The SMILES string of the molecule is CNC(CN1CCCN(C)CC1)(C(=O)O)C1CC1. The molecule has 0 bridgehead atoms. The average molecular weight is 255 g/mol. The highest BCUT2D eigenvalue weighted by atomic mass is 16.4. The summed E-state index contributed by atoms with van der Waals surface area (Å²) in [6.45, 7) is 4.76. The molecule has 5 heteroatoms. The number of hydrogen-bond acceptors (Lipinski definition) is 4. The lowest BCUT2D eigenvalue weighted by molar-refractivity contribution is -0.146. The van der Waals surface area contributed by atoms with Gasteiger partial charge < -0.3 is 15.3 Å². The molecule has 0 aromatic carbocycles. The van der Waals surface area contributed by atoms with E-state index in [1.165, 1.54) is 0 Å². The smallest absolute Gasteiger partial charge is 0.325 e. The molecule has 0 aromatic heterocycles. The van der Waals surface area contributed by atoms with Crippen molar-refractivity contribution in [1.82, 2.24) is 15.1 Å². The normalized spacial score (nSPS) is 26.6. The fourth-order valence-corrected chi connectivity index (χ4v) is 2.95. The van der Waals surface area contributed by atoms with Gasteiger partial charge in [-0.3, -0.25) is 9.69 Å².